The molecule has 1 aliphatic carbocycles. The first-order chi connectivity index (χ1) is 8.15. The van der Waals surface area contributed by atoms with Crippen LogP contribution in [0.4, 0.5) is 5.95 Å². The lowest BCUT2D eigenvalue weighted by atomic mass is 10.1. The third-order valence-electron chi connectivity index (χ3n) is 3.49. The third-order valence-corrected chi connectivity index (χ3v) is 3.98. The normalized spacial score (nSPS) is 17.5. The Balaban J connectivity index is 2.04. The Labute approximate surface area is 109 Å². The molecule has 1 heterocycles. The van der Waals surface area contributed by atoms with Gasteiger partial charge in [-0.15, -0.1) is 0 Å². The molecule has 1 aliphatic rings. The smallest absolute Gasteiger partial charge is 0.201 e. The lowest BCUT2D eigenvalue weighted by molar-refractivity contribution is 0.492. The first-order valence-electron chi connectivity index (χ1n) is 6.08. The molecule has 1 fully saturated rings. The summed E-state index contributed by atoms with van der Waals surface area (Å²) in [6.45, 7) is 2.23. The van der Waals surface area contributed by atoms with Crippen molar-refractivity contribution in [3.05, 3.63) is 22.7 Å². The molecular formula is C13H16BrN3. The van der Waals surface area contributed by atoms with Crippen LogP contribution in [0, 0.1) is 5.92 Å². The van der Waals surface area contributed by atoms with Crippen molar-refractivity contribution in [1.29, 1.82) is 0 Å². The Morgan fingerprint density at radius 2 is 2.29 bits per heavy atom. The highest BCUT2D eigenvalue weighted by molar-refractivity contribution is 9.10. The highest BCUT2D eigenvalue weighted by Gasteiger charge is 2.25. The van der Waals surface area contributed by atoms with Gasteiger partial charge in [0.1, 0.15) is 0 Å². The van der Waals surface area contributed by atoms with Crippen molar-refractivity contribution in [3.63, 3.8) is 0 Å². The number of rotatable bonds is 3. The topological polar surface area (TPSA) is 43.8 Å². The maximum atomic E-state index is 6.04. The molecule has 0 radical (unpaired) electrons. The summed E-state index contributed by atoms with van der Waals surface area (Å²) in [5, 5.41) is 0. The largest absolute Gasteiger partial charge is 0.369 e. The van der Waals surface area contributed by atoms with Crippen LogP contribution in [-0.2, 0) is 0 Å². The van der Waals surface area contributed by atoms with Crippen LogP contribution in [0.3, 0.4) is 0 Å². The van der Waals surface area contributed by atoms with Crippen LogP contribution in [0.15, 0.2) is 22.7 Å². The van der Waals surface area contributed by atoms with E-state index >= 15 is 0 Å². The van der Waals surface area contributed by atoms with Crippen LogP contribution in [-0.4, -0.2) is 9.55 Å². The molecule has 1 saturated carbocycles. The highest BCUT2D eigenvalue weighted by atomic mass is 79.9. The molecule has 2 aromatic rings. The van der Waals surface area contributed by atoms with Gasteiger partial charge in [-0.25, -0.2) is 4.98 Å². The van der Waals surface area contributed by atoms with Gasteiger partial charge < -0.3 is 10.3 Å². The molecule has 0 aliphatic heterocycles. The van der Waals surface area contributed by atoms with Gasteiger partial charge in [-0.2, -0.15) is 0 Å². The summed E-state index contributed by atoms with van der Waals surface area (Å²) in [5.74, 6) is 1.53. The number of aromatic nitrogens is 2. The summed E-state index contributed by atoms with van der Waals surface area (Å²) < 4.78 is 3.21. The minimum atomic E-state index is 0.439. The van der Waals surface area contributed by atoms with E-state index in [0.29, 0.717) is 12.0 Å². The molecule has 4 heteroatoms. The average molecular weight is 294 g/mol. The average Bonchev–Trinajstić information content (AvgIpc) is 2.99. The molecule has 0 saturated heterocycles. The van der Waals surface area contributed by atoms with Crippen LogP contribution in [0.2, 0.25) is 0 Å². The zero-order valence-corrected chi connectivity index (χ0v) is 11.4. The predicted octanol–water partition coefficient (Wildman–Crippen LogP) is 3.74. The van der Waals surface area contributed by atoms with E-state index in [2.05, 4.69) is 38.5 Å². The molecule has 1 atom stereocenters. The molecule has 1 aromatic heterocycles. The van der Waals surface area contributed by atoms with Gasteiger partial charge in [0, 0.05) is 10.5 Å². The Hall–Kier alpha value is -1.03. The number of hydrogen-bond acceptors (Lipinski definition) is 2. The predicted molar refractivity (Wildman–Crippen MR) is 73.9 cm³/mol. The van der Waals surface area contributed by atoms with Crippen molar-refractivity contribution in [1.82, 2.24) is 9.55 Å². The molecule has 0 spiro atoms. The quantitative estimate of drug-likeness (QED) is 0.937. The van der Waals surface area contributed by atoms with E-state index in [0.717, 1.165) is 21.4 Å². The molecule has 2 N–H and O–H groups in total. The van der Waals surface area contributed by atoms with Gasteiger partial charge >= 0.3 is 0 Å². The Kier molecular flexibility index (Phi) is 2.62. The maximum absolute atomic E-state index is 6.04. The van der Waals surface area contributed by atoms with Crippen LogP contribution >= 0.6 is 15.9 Å². The minimum absolute atomic E-state index is 0.439. The van der Waals surface area contributed by atoms with Gasteiger partial charge in [0.15, 0.2) is 0 Å². The second-order valence-corrected chi connectivity index (χ2v) is 5.92. The van der Waals surface area contributed by atoms with E-state index in [4.69, 9.17) is 5.73 Å². The van der Waals surface area contributed by atoms with E-state index in [1.54, 1.807) is 0 Å². The summed E-state index contributed by atoms with van der Waals surface area (Å²) in [6, 6.07) is 6.59. The summed E-state index contributed by atoms with van der Waals surface area (Å²) in [6.07, 6.45) is 3.97. The first-order valence-corrected chi connectivity index (χ1v) is 6.87. The van der Waals surface area contributed by atoms with E-state index in [-0.39, 0.29) is 0 Å². The van der Waals surface area contributed by atoms with Gasteiger partial charge in [-0.05, 0) is 37.5 Å². The molecule has 1 aromatic carbocycles. The van der Waals surface area contributed by atoms with Crippen molar-refractivity contribution in [2.75, 3.05) is 5.73 Å². The monoisotopic (exact) mass is 293 g/mol. The number of nitrogens with two attached hydrogens (primary N) is 1. The fourth-order valence-corrected chi connectivity index (χ4v) is 2.84. The molecule has 3 nitrogen and oxygen atoms in total. The summed E-state index contributed by atoms with van der Waals surface area (Å²) in [5.41, 5.74) is 8.15. The van der Waals surface area contributed by atoms with Gasteiger partial charge in [-0.1, -0.05) is 28.8 Å². The fraction of sp³-hybridized carbons (Fsp3) is 0.462. The van der Waals surface area contributed by atoms with Gasteiger partial charge in [-0.3, -0.25) is 0 Å². The molecule has 0 amide bonds. The number of anilines is 1. The van der Waals surface area contributed by atoms with E-state index < -0.39 is 0 Å². The molecule has 17 heavy (non-hydrogen) atoms. The second kappa shape index (κ2) is 4.02. The lowest BCUT2D eigenvalue weighted by Gasteiger charge is -2.15. The number of hydrogen-bond donors (Lipinski definition) is 1. The van der Waals surface area contributed by atoms with E-state index in [1.807, 2.05) is 12.1 Å². The van der Waals surface area contributed by atoms with Crippen LogP contribution in [0.1, 0.15) is 32.2 Å². The third kappa shape index (κ3) is 2.06. The SMILES string of the molecule is CC(CC1CC1)n1c(N)nc2cc(Br)ccc21. The van der Waals surface area contributed by atoms with E-state index in [1.165, 1.54) is 19.3 Å². The van der Waals surface area contributed by atoms with E-state index in [9.17, 15) is 0 Å². The van der Waals surface area contributed by atoms with Gasteiger partial charge in [0.25, 0.3) is 0 Å². The van der Waals surface area contributed by atoms with Gasteiger partial charge in [0.2, 0.25) is 5.95 Å². The van der Waals surface area contributed by atoms with Crippen molar-refractivity contribution in [2.24, 2.45) is 5.92 Å². The van der Waals surface area contributed by atoms with Crippen LogP contribution in [0.5, 0.6) is 0 Å². The minimum Gasteiger partial charge on any atom is -0.369 e. The highest BCUT2D eigenvalue weighted by Crippen LogP contribution is 2.38. The molecule has 0 bridgehead atoms. The molecular weight excluding hydrogens is 278 g/mol. The number of fused-ring (bicyclic) bond motifs is 1. The number of nitrogen functional groups attached to an aromatic ring is 1. The molecule has 1 unspecified atom stereocenters. The number of benzene rings is 1. The maximum Gasteiger partial charge on any atom is 0.201 e. The van der Waals surface area contributed by atoms with Crippen molar-refractivity contribution in [3.8, 4) is 0 Å². The second-order valence-electron chi connectivity index (χ2n) is 5.00. The lowest BCUT2D eigenvalue weighted by Crippen LogP contribution is -2.09. The molecule has 90 valence electrons. The van der Waals surface area contributed by atoms with Crippen LogP contribution < -0.4 is 5.73 Å². The summed E-state index contributed by atoms with van der Waals surface area (Å²) >= 11 is 3.46. The van der Waals surface area contributed by atoms with Crippen molar-refractivity contribution in [2.45, 2.75) is 32.2 Å². The van der Waals surface area contributed by atoms with Crippen molar-refractivity contribution < 1.29 is 0 Å². The Morgan fingerprint density at radius 3 is 3.00 bits per heavy atom. The Bertz CT molecular complexity index is 557. The van der Waals surface area contributed by atoms with Crippen molar-refractivity contribution >= 4 is 32.9 Å². The molecule has 3 rings (SSSR count). The fourth-order valence-electron chi connectivity index (χ4n) is 2.50. The summed E-state index contributed by atoms with van der Waals surface area (Å²) in [7, 11) is 0. The van der Waals surface area contributed by atoms with Gasteiger partial charge in [0.05, 0.1) is 11.0 Å². The zero-order valence-electron chi connectivity index (χ0n) is 9.86. The van der Waals surface area contributed by atoms with Crippen LogP contribution in [0.25, 0.3) is 11.0 Å². The number of imidazole rings is 1. The summed E-state index contributed by atoms with van der Waals surface area (Å²) in [4.78, 5) is 4.43. The Morgan fingerprint density at radius 1 is 1.53 bits per heavy atom. The number of nitrogens with zero attached hydrogens (tertiary/aromatic N) is 2. The first kappa shape index (κ1) is 11.1. The standard InChI is InChI=1S/C13H16BrN3/c1-8(6-9-2-3-9)17-12-5-4-10(14)7-11(12)16-13(17)15/h4-5,7-9H,2-3,6H2,1H3,(H2,15,16). The zero-order chi connectivity index (χ0) is 12.0. The number of halogens is 1.